The van der Waals surface area contributed by atoms with Crippen molar-refractivity contribution in [3.8, 4) is 12.1 Å². The summed E-state index contributed by atoms with van der Waals surface area (Å²) in [7, 11) is 0. The summed E-state index contributed by atoms with van der Waals surface area (Å²) in [6.45, 7) is 13.8. The van der Waals surface area contributed by atoms with Crippen LogP contribution in [0, 0.1) is 22.7 Å². The van der Waals surface area contributed by atoms with Crippen LogP contribution in [0.5, 0.6) is 0 Å². The molecule has 2 aliphatic heterocycles. The van der Waals surface area contributed by atoms with E-state index in [2.05, 4.69) is 41.3 Å². The Morgan fingerprint density at radius 3 is 1.43 bits per heavy atom. The molecule has 12 heteroatoms. The van der Waals surface area contributed by atoms with E-state index in [0.717, 1.165) is 68.3 Å². The van der Waals surface area contributed by atoms with Gasteiger partial charge in [0.05, 0.1) is 23.3 Å². The van der Waals surface area contributed by atoms with Crippen molar-refractivity contribution in [1.29, 1.82) is 10.5 Å². The van der Waals surface area contributed by atoms with Crippen LogP contribution >= 0.6 is 0 Å². The first-order chi connectivity index (χ1) is 31.4. The van der Waals surface area contributed by atoms with Crippen molar-refractivity contribution < 1.29 is 19.1 Å². The molecule has 2 aromatic carbocycles. The highest BCUT2D eigenvalue weighted by Crippen LogP contribution is 2.24. The molecule has 1 N–H and O–H groups in total. The zero-order valence-electron chi connectivity index (χ0n) is 39.2. The van der Waals surface area contributed by atoms with Gasteiger partial charge in [0, 0.05) is 50.7 Å². The van der Waals surface area contributed by atoms with Crippen LogP contribution in [-0.2, 0) is 30.7 Å². The zero-order valence-corrected chi connectivity index (χ0v) is 39.2. The monoisotopic (exact) mass is 881 g/mol. The molecule has 2 aromatic heterocycles. The summed E-state index contributed by atoms with van der Waals surface area (Å²) in [5, 5.41) is 21.5. The molecule has 3 amide bonds. The molecule has 0 atom stereocenters. The fourth-order valence-corrected chi connectivity index (χ4v) is 8.15. The first-order valence-electron chi connectivity index (χ1n) is 23.6. The van der Waals surface area contributed by atoms with Gasteiger partial charge < -0.3 is 24.8 Å². The topological polar surface area (TPSA) is 156 Å². The van der Waals surface area contributed by atoms with Crippen LogP contribution < -0.4 is 5.32 Å². The minimum Gasteiger partial charge on any atom is -0.444 e. The van der Waals surface area contributed by atoms with Crippen LogP contribution in [0.1, 0.15) is 153 Å². The SMILES string of the molecule is CCCCCc1ccc(C(=O)N(Cc2ccc(C#N)cc2)C2CCN(C(=O)OC(C)(C)C)CC2)nc1.CCCCCc1ccc(C(=O)N(Cc2ccc(C#N)cc2)C2CCNCC2)nc1. The van der Waals surface area contributed by atoms with Gasteiger partial charge >= 0.3 is 6.09 Å². The number of pyridine rings is 2. The lowest BCUT2D eigenvalue weighted by Gasteiger charge is -2.39. The van der Waals surface area contributed by atoms with E-state index in [1.54, 1.807) is 17.0 Å². The molecule has 4 heterocycles. The van der Waals surface area contributed by atoms with Gasteiger partial charge in [0.15, 0.2) is 0 Å². The average Bonchev–Trinajstić information content (AvgIpc) is 3.33. The summed E-state index contributed by atoms with van der Waals surface area (Å²) < 4.78 is 5.52. The Morgan fingerprint density at radius 2 is 1.06 bits per heavy atom. The van der Waals surface area contributed by atoms with Crippen molar-refractivity contribution in [1.82, 2.24) is 30.0 Å². The second-order valence-corrected chi connectivity index (χ2v) is 18.2. The number of aryl methyl sites for hydroxylation is 2. The Kier molecular flexibility index (Phi) is 19.5. The maximum Gasteiger partial charge on any atom is 0.410 e. The second-order valence-electron chi connectivity index (χ2n) is 18.2. The molecule has 0 bridgehead atoms. The number of nitrogens with one attached hydrogen (secondary N) is 1. The van der Waals surface area contributed by atoms with Gasteiger partial charge in [-0.3, -0.25) is 19.6 Å². The van der Waals surface area contributed by atoms with Gasteiger partial charge in [0.1, 0.15) is 17.0 Å². The first kappa shape index (κ1) is 49.9. The molecular weight excluding hydrogens is 813 g/mol. The number of piperidine rings is 2. The van der Waals surface area contributed by atoms with Gasteiger partial charge in [-0.25, -0.2) is 4.79 Å². The van der Waals surface area contributed by atoms with Gasteiger partial charge in [-0.05, 0) is 144 Å². The molecule has 0 aliphatic carbocycles. The van der Waals surface area contributed by atoms with Crippen molar-refractivity contribution in [2.45, 2.75) is 142 Å². The standard InChI is InChI=1S/C29H38N4O3.C24H30N4O/c1-5-6-7-8-23-13-14-26(31-20-23)27(34)33(21-24-11-9-22(19-30)10-12-24)25-15-17-32(18-16-25)28(35)36-29(2,3)4;1-2-3-4-5-20-10-11-23(27-17-20)24(29)28(22-12-14-26-15-13-22)18-21-8-6-19(16-25)7-9-21/h9-14,20,25H,5-8,15-18,21H2,1-4H3;6-11,17,22,26H,2-5,12-15,18H2,1H3. The van der Waals surface area contributed by atoms with Crippen molar-refractivity contribution in [2.24, 2.45) is 0 Å². The summed E-state index contributed by atoms with van der Waals surface area (Å²) in [5.41, 5.74) is 5.94. The lowest BCUT2D eigenvalue weighted by atomic mass is 10.0. The molecule has 0 spiro atoms. The molecule has 344 valence electrons. The largest absolute Gasteiger partial charge is 0.444 e. The van der Waals surface area contributed by atoms with Gasteiger partial charge in [-0.1, -0.05) is 75.9 Å². The predicted molar refractivity (Wildman–Crippen MR) is 254 cm³/mol. The Labute approximate surface area is 387 Å². The molecule has 2 fully saturated rings. The van der Waals surface area contributed by atoms with Crippen LogP contribution in [0.3, 0.4) is 0 Å². The molecule has 2 saturated heterocycles. The van der Waals surface area contributed by atoms with Crippen LogP contribution in [0.15, 0.2) is 85.2 Å². The number of hydrogen-bond acceptors (Lipinski definition) is 9. The highest BCUT2D eigenvalue weighted by Gasteiger charge is 2.33. The van der Waals surface area contributed by atoms with Crippen molar-refractivity contribution in [2.75, 3.05) is 26.2 Å². The summed E-state index contributed by atoms with van der Waals surface area (Å²) >= 11 is 0. The van der Waals surface area contributed by atoms with Crippen molar-refractivity contribution in [3.63, 3.8) is 0 Å². The number of carbonyl (C=O) groups is 3. The number of benzene rings is 2. The molecule has 12 nitrogen and oxygen atoms in total. The summed E-state index contributed by atoms with van der Waals surface area (Å²) in [6, 6.07) is 27.0. The lowest BCUT2D eigenvalue weighted by Crippen LogP contribution is -2.49. The van der Waals surface area contributed by atoms with Gasteiger partial charge in [-0.15, -0.1) is 0 Å². The molecule has 0 unspecified atom stereocenters. The smallest absolute Gasteiger partial charge is 0.410 e. The van der Waals surface area contributed by atoms with Gasteiger partial charge in [-0.2, -0.15) is 10.5 Å². The Morgan fingerprint density at radius 1 is 0.646 bits per heavy atom. The van der Waals surface area contributed by atoms with Crippen LogP contribution in [0.4, 0.5) is 4.79 Å². The van der Waals surface area contributed by atoms with Crippen LogP contribution in [0.25, 0.3) is 0 Å². The molecule has 6 rings (SSSR count). The summed E-state index contributed by atoms with van der Waals surface area (Å²) in [5.74, 6) is -0.128. The van der Waals surface area contributed by atoms with Crippen molar-refractivity contribution in [3.05, 3.63) is 130 Å². The Bertz CT molecular complexity index is 2180. The van der Waals surface area contributed by atoms with E-state index in [1.165, 1.54) is 31.2 Å². The average molecular weight is 881 g/mol. The quantitative estimate of drug-likeness (QED) is 0.108. The highest BCUT2D eigenvalue weighted by molar-refractivity contribution is 5.93. The van der Waals surface area contributed by atoms with E-state index in [0.29, 0.717) is 61.5 Å². The minimum atomic E-state index is -0.542. The minimum absolute atomic E-state index is 0.0126. The number of nitriles is 2. The van der Waals surface area contributed by atoms with E-state index in [-0.39, 0.29) is 30.0 Å². The maximum atomic E-state index is 13.7. The van der Waals surface area contributed by atoms with E-state index in [4.69, 9.17) is 15.3 Å². The van der Waals surface area contributed by atoms with Crippen LogP contribution in [-0.4, -0.2) is 86.4 Å². The predicted octanol–water partition coefficient (Wildman–Crippen LogP) is 9.81. The van der Waals surface area contributed by atoms with E-state index in [1.807, 2.05) is 104 Å². The third-order valence-electron chi connectivity index (χ3n) is 11.9. The molecule has 0 saturated carbocycles. The lowest BCUT2D eigenvalue weighted by molar-refractivity contribution is 0.0141. The Balaban J connectivity index is 0.000000250. The number of hydrogen-bond donors (Lipinski definition) is 1. The molecule has 4 aromatic rings. The van der Waals surface area contributed by atoms with Gasteiger partial charge in [0.25, 0.3) is 11.8 Å². The third-order valence-corrected chi connectivity index (χ3v) is 11.9. The normalized spacial score (nSPS) is 14.3. The van der Waals surface area contributed by atoms with Gasteiger partial charge in [0.2, 0.25) is 0 Å². The fraction of sp³-hybridized carbons (Fsp3) is 0.491. The zero-order chi connectivity index (χ0) is 46.6. The number of rotatable bonds is 16. The number of aromatic nitrogens is 2. The fourth-order valence-electron chi connectivity index (χ4n) is 8.15. The number of amides is 3. The third kappa shape index (κ3) is 15.8. The molecule has 0 radical (unpaired) electrons. The highest BCUT2D eigenvalue weighted by atomic mass is 16.6. The maximum absolute atomic E-state index is 13.7. The van der Waals surface area contributed by atoms with E-state index >= 15 is 0 Å². The van der Waals surface area contributed by atoms with E-state index < -0.39 is 5.60 Å². The first-order valence-corrected chi connectivity index (χ1v) is 23.6. The van der Waals surface area contributed by atoms with Crippen LogP contribution in [0.2, 0.25) is 0 Å². The summed E-state index contributed by atoms with van der Waals surface area (Å²) in [6.07, 6.45) is 15.6. The molecule has 65 heavy (non-hydrogen) atoms. The Hall–Kier alpha value is -6.11. The molecular formula is C53H68N8O4. The number of nitrogens with zero attached hydrogens (tertiary/aromatic N) is 7. The number of ether oxygens (including phenoxy) is 1. The van der Waals surface area contributed by atoms with E-state index in [9.17, 15) is 14.4 Å². The second kappa shape index (κ2) is 25.4. The van der Waals surface area contributed by atoms with Crippen molar-refractivity contribution >= 4 is 17.9 Å². The number of likely N-dealkylation sites (tertiary alicyclic amines) is 1. The number of carbonyl (C=O) groups excluding carboxylic acids is 3. The molecule has 2 aliphatic rings. The summed E-state index contributed by atoms with van der Waals surface area (Å²) in [4.78, 5) is 54.0. The number of unbranched alkanes of at least 4 members (excludes halogenated alkanes) is 4.